The fourth-order valence-corrected chi connectivity index (χ4v) is 5.56. The van der Waals surface area contributed by atoms with E-state index in [1.54, 1.807) is 11.3 Å². The van der Waals surface area contributed by atoms with Crippen LogP contribution in [0.2, 0.25) is 0 Å². The first-order chi connectivity index (χ1) is 16.7. The molecular weight excluding hydrogens is 464 g/mol. The number of pyridine rings is 1. The number of benzene rings is 2. The Bertz CT molecular complexity index is 1480. The molecule has 0 saturated carbocycles. The normalized spacial score (nSPS) is 13.2. The van der Waals surface area contributed by atoms with Gasteiger partial charge in [0.25, 0.3) is 5.22 Å². The first kappa shape index (κ1) is 21.1. The lowest BCUT2D eigenvalue weighted by molar-refractivity contribution is -0.129. The number of fused-ring (bicyclic) bond motifs is 2. The average Bonchev–Trinajstić information content (AvgIpc) is 3.59. The smallest absolute Gasteiger partial charge is 0.277 e. The Balaban J connectivity index is 1.21. The van der Waals surface area contributed by atoms with Crippen molar-refractivity contribution >= 4 is 39.9 Å². The third-order valence-corrected chi connectivity index (χ3v) is 7.62. The summed E-state index contributed by atoms with van der Waals surface area (Å²) < 4.78 is 5.99. The number of para-hydroxylation sites is 1. The van der Waals surface area contributed by atoms with Crippen molar-refractivity contribution in [3.8, 4) is 22.0 Å². The molecule has 0 spiro atoms. The molecule has 8 heteroatoms. The third-order valence-electron chi connectivity index (χ3n) is 5.93. The fraction of sp³-hybridized carbons (Fsp3) is 0.154. The van der Waals surface area contributed by atoms with Gasteiger partial charge in [-0.1, -0.05) is 60.3 Å². The number of hydrogen-bond acceptors (Lipinski definition) is 7. The molecule has 0 fully saturated rings. The van der Waals surface area contributed by atoms with E-state index in [4.69, 9.17) is 9.40 Å². The Labute approximate surface area is 204 Å². The minimum absolute atomic E-state index is 0.0774. The highest BCUT2D eigenvalue weighted by Crippen LogP contribution is 2.34. The number of aromatic nitrogens is 3. The lowest BCUT2D eigenvalue weighted by Crippen LogP contribution is -2.37. The van der Waals surface area contributed by atoms with Gasteiger partial charge in [-0.3, -0.25) is 4.79 Å². The van der Waals surface area contributed by atoms with Crippen LogP contribution in [-0.2, 0) is 17.8 Å². The summed E-state index contributed by atoms with van der Waals surface area (Å²) in [6, 6.07) is 22.3. The maximum atomic E-state index is 12.8. The van der Waals surface area contributed by atoms with Crippen LogP contribution in [0.5, 0.6) is 0 Å². The molecule has 0 bridgehead atoms. The summed E-state index contributed by atoms with van der Waals surface area (Å²) in [6.07, 6.45) is 0.888. The van der Waals surface area contributed by atoms with Gasteiger partial charge in [0.1, 0.15) is 0 Å². The summed E-state index contributed by atoms with van der Waals surface area (Å²) in [6.45, 7) is 1.39. The van der Waals surface area contributed by atoms with E-state index in [1.807, 2.05) is 58.8 Å². The van der Waals surface area contributed by atoms with Gasteiger partial charge in [0.15, 0.2) is 0 Å². The zero-order chi connectivity index (χ0) is 22.9. The van der Waals surface area contributed by atoms with Crippen LogP contribution in [0.4, 0.5) is 0 Å². The second-order valence-electron chi connectivity index (χ2n) is 8.05. The van der Waals surface area contributed by atoms with Crippen molar-refractivity contribution in [2.45, 2.75) is 18.2 Å². The first-order valence-electron chi connectivity index (χ1n) is 11.0. The van der Waals surface area contributed by atoms with Gasteiger partial charge in [-0.15, -0.1) is 21.5 Å². The van der Waals surface area contributed by atoms with E-state index in [9.17, 15) is 4.79 Å². The number of rotatable bonds is 5. The van der Waals surface area contributed by atoms with Gasteiger partial charge in [0.2, 0.25) is 11.8 Å². The van der Waals surface area contributed by atoms with Crippen molar-refractivity contribution in [3.63, 3.8) is 0 Å². The van der Waals surface area contributed by atoms with Crippen LogP contribution in [0.1, 0.15) is 11.1 Å². The third kappa shape index (κ3) is 4.10. The molecule has 5 aromatic rings. The van der Waals surface area contributed by atoms with Crippen LogP contribution in [0.25, 0.3) is 32.9 Å². The Morgan fingerprint density at radius 1 is 1.03 bits per heavy atom. The molecule has 1 aliphatic rings. The number of thiophene rings is 1. The molecule has 2 aromatic carbocycles. The van der Waals surface area contributed by atoms with Gasteiger partial charge < -0.3 is 9.32 Å². The van der Waals surface area contributed by atoms with Gasteiger partial charge >= 0.3 is 0 Å². The van der Waals surface area contributed by atoms with Gasteiger partial charge in [-0.2, -0.15) is 0 Å². The first-order valence-corrected chi connectivity index (χ1v) is 12.9. The van der Waals surface area contributed by atoms with Crippen LogP contribution in [0.3, 0.4) is 0 Å². The zero-order valence-corrected chi connectivity index (χ0v) is 19.8. The molecule has 0 radical (unpaired) electrons. The highest BCUT2D eigenvalue weighted by molar-refractivity contribution is 7.99. The number of amides is 1. The minimum Gasteiger partial charge on any atom is -0.411 e. The second kappa shape index (κ2) is 9.04. The van der Waals surface area contributed by atoms with Crippen molar-refractivity contribution in [1.29, 1.82) is 0 Å². The zero-order valence-electron chi connectivity index (χ0n) is 18.2. The van der Waals surface area contributed by atoms with E-state index < -0.39 is 0 Å². The largest absolute Gasteiger partial charge is 0.411 e. The van der Waals surface area contributed by atoms with Crippen molar-refractivity contribution in [1.82, 2.24) is 20.1 Å². The SMILES string of the molecule is O=C(CSc1nnc(-c2cc(-c3cccs3)nc3ccccc23)o1)N1CCc2ccccc2C1. The Morgan fingerprint density at radius 2 is 1.88 bits per heavy atom. The molecule has 0 N–H and O–H groups in total. The molecule has 0 saturated heterocycles. The Morgan fingerprint density at radius 3 is 2.76 bits per heavy atom. The van der Waals surface area contributed by atoms with Gasteiger partial charge in [0.05, 0.1) is 27.4 Å². The average molecular weight is 485 g/mol. The summed E-state index contributed by atoms with van der Waals surface area (Å²) >= 11 is 2.92. The predicted octanol–water partition coefficient (Wildman–Crippen LogP) is 5.69. The number of carbonyl (C=O) groups is 1. The maximum absolute atomic E-state index is 12.8. The lowest BCUT2D eigenvalue weighted by Gasteiger charge is -2.28. The summed E-state index contributed by atoms with van der Waals surface area (Å²) in [5.41, 5.74) is 5.13. The highest BCUT2D eigenvalue weighted by Gasteiger charge is 2.22. The minimum atomic E-state index is 0.0774. The van der Waals surface area contributed by atoms with E-state index in [0.717, 1.165) is 40.0 Å². The molecule has 3 aromatic heterocycles. The van der Waals surface area contributed by atoms with Crippen molar-refractivity contribution in [3.05, 3.63) is 83.2 Å². The Hall–Kier alpha value is -3.49. The number of nitrogens with zero attached hydrogens (tertiary/aromatic N) is 4. The monoisotopic (exact) mass is 484 g/mol. The summed E-state index contributed by atoms with van der Waals surface area (Å²) in [5, 5.41) is 11.9. The lowest BCUT2D eigenvalue weighted by atomic mass is 10.00. The van der Waals surface area contributed by atoms with Crippen LogP contribution < -0.4 is 0 Å². The van der Waals surface area contributed by atoms with Crippen LogP contribution in [0, 0.1) is 0 Å². The topological polar surface area (TPSA) is 72.1 Å². The molecule has 4 heterocycles. The van der Waals surface area contributed by atoms with E-state index in [0.29, 0.717) is 17.7 Å². The molecule has 34 heavy (non-hydrogen) atoms. The fourth-order valence-electron chi connectivity index (χ4n) is 4.20. The molecular formula is C26H20N4O2S2. The summed E-state index contributed by atoms with van der Waals surface area (Å²) in [7, 11) is 0. The standard InChI is InChI=1S/C26H20N4O2S2/c31-24(30-12-11-17-6-1-2-7-18(17)15-30)16-34-26-29-28-25(32-26)20-14-22(23-10-5-13-33-23)27-21-9-4-3-8-19(20)21/h1-10,13-14H,11-12,15-16H2. The van der Waals surface area contributed by atoms with E-state index in [-0.39, 0.29) is 11.7 Å². The summed E-state index contributed by atoms with van der Waals surface area (Å²) in [4.78, 5) is 20.6. The second-order valence-corrected chi connectivity index (χ2v) is 9.92. The van der Waals surface area contributed by atoms with E-state index in [1.165, 1.54) is 22.9 Å². The quantitative estimate of drug-likeness (QED) is 0.299. The van der Waals surface area contributed by atoms with E-state index in [2.05, 4.69) is 28.4 Å². The molecule has 168 valence electrons. The van der Waals surface area contributed by atoms with Crippen LogP contribution in [-0.4, -0.2) is 38.3 Å². The number of hydrogen-bond donors (Lipinski definition) is 0. The molecule has 6 rings (SSSR count). The van der Waals surface area contributed by atoms with Crippen molar-refractivity contribution < 1.29 is 9.21 Å². The summed E-state index contributed by atoms with van der Waals surface area (Å²) in [5.74, 6) is 0.772. The predicted molar refractivity (Wildman–Crippen MR) is 135 cm³/mol. The molecule has 0 unspecified atom stereocenters. The van der Waals surface area contributed by atoms with Crippen molar-refractivity contribution in [2.75, 3.05) is 12.3 Å². The van der Waals surface area contributed by atoms with Crippen molar-refractivity contribution in [2.24, 2.45) is 0 Å². The number of thioether (sulfide) groups is 1. The van der Waals surface area contributed by atoms with Gasteiger partial charge in [0, 0.05) is 18.5 Å². The van der Waals surface area contributed by atoms with E-state index >= 15 is 0 Å². The maximum Gasteiger partial charge on any atom is 0.277 e. The van der Waals surface area contributed by atoms with Crippen LogP contribution in [0.15, 0.2) is 81.8 Å². The van der Waals surface area contributed by atoms with Gasteiger partial charge in [-0.05, 0) is 41.1 Å². The Kier molecular flexibility index (Phi) is 5.60. The molecule has 0 atom stereocenters. The number of carbonyl (C=O) groups excluding carboxylic acids is 1. The molecule has 0 aliphatic carbocycles. The highest BCUT2D eigenvalue weighted by atomic mass is 32.2. The van der Waals surface area contributed by atoms with Gasteiger partial charge in [-0.25, -0.2) is 4.98 Å². The van der Waals surface area contributed by atoms with Crippen LogP contribution >= 0.6 is 23.1 Å². The molecule has 6 nitrogen and oxygen atoms in total. The molecule has 1 aliphatic heterocycles. The molecule has 1 amide bonds.